The lowest BCUT2D eigenvalue weighted by atomic mass is 9.98. The van der Waals surface area contributed by atoms with Crippen molar-refractivity contribution in [3.8, 4) is 11.5 Å². The number of aromatic nitrogens is 6. The van der Waals surface area contributed by atoms with E-state index in [1.54, 1.807) is 12.5 Å². The molecule has 3 N–H and O–H groups in total. The number of nitrogens with zero attached hydrogens (tertiary/aromatic N) is 5. The van der Waals surface area contributed by atoms with Gasteiger partial charge in [0.05, 0.1) is 23.3 Å². The molecule has 0 saturated carbocycles. The number of hydrogen-bond donors (Lipinski definition) is 3. The molecule has 0 saturated heterocycles. The first-order valence-corrected chi connectivity index (χ1v) is 12.1. The molecule has 2 aromatic carbocycles. The fraction of sp³-hybridized carbons (Fsp3) is 0.148. The van der Waals surface area contributed by atoms with Crippen LogP contribution in [0.15, 0.2) is 77.7 Å². The van der Waals surface area contributed by atoms with Crippen molar-refractivity contribution in [1.82, 2.24) is 35.7 Å². The molecular weight excluding hydrogens is 468 g/mol. The second kappa shape index (κ2) is 8.59. The average Bonchev–Trinajstić information content (AvgIpc) is 3.73. The summed E-state index contributed by atoms with van der Waals surface area (Å²) >= 11 is 0. The summed E-state index contributed by atoms with van der Waals surface area (Å²) in [6.45, 7) is 1.27. The number of anilines is 2. The maximum Gasteiger partial charge on any atom is 0.255 e. The molecule has 1 unspecified atom stereocenters. The first-order chi connectivity index (χ1) is 18.3. The molecule has 37 heavy (non-hydrogen) atoms. The van der Waals surface area contributed by atoms with Gasteiger partial charge in [-0.1, -0.05) is 36.4 Å². The zero-order valence-electron chi connectivity index (χ0n) is 19.7. The smallest absolute Gasteiger partial charge is 0.255 e. The molecule has 0 aliphatic carbocycles. The van der Waals surface area contributed by atoms with Crippen molar-refractivity contribution in [3.05, 3.63) is 84.4 Å². The van der Waals surface area contributed by atoms with Crippen LogP contribution in [-0.2, 0) is 0 Å². The first kappa shape index (κ1) is 21.3. The Morgan fingerprint density at radius 3 is 2.86 bits per heavy atom. The van der Waals surface area contributed by atoms with E-state index in [1.165, 1.54) is 11.8 Å². The van der Waals surface area contributed by atoms with E-state index in [2.05, 4.69) is 52.7 Å². The van der Waals surface area contributed by atoms with E-state index in [4.69, 9.17) is 4.42 Å². The second-order valence-corrected chi connectivity index (χ2v) is 9.05. The Hall–Kier alpha value is -4.99. The number of carbonyl (C=O) groups excluding carboxylic acids is 1. The molecule has 1 amide bonds. The molecule has 1 aliphatic rings. The standard InChI is InChI=1S/C27H22N8O2/c36-27(19-12-31-33-24(19)23-11-16-5-1-4-8-22(16)37-23)28-10-9-17-14-35(21-7-3-2-6-18(17)21)26-20-13-32-34-25(20)29-15-30-26/h1-8,11-13,15,17H,9-10,14H2,(H,28,36)(H,31,33)(H,29,30,32,34). The summed E-state index contributed by atoms with van der Waals surface area (Å²) in [4.78, 5) is 24.1. The van der Waals surface area contributed by atoms with Crippen molar-refractivity contribution < 1.29 is 9.21 Å². The third-order valence-corrected chi connectivity index (χ3v) is 6.89. The van der Waals surface area contributed by atoms with E-state index in [0.717, 1.165) is 40.8 Å². The topological polar surface area (TPSA) is 129 Å². The first-order valence-electron chi connectivity index (χ1n) is 12.1. The van der Waals surface area contributed by atoms with Gasteiger partial charge in [0.25, 0.3) is 5.91 Å². The lowest BCUT2D eigenvalue weighted by molar-refractivity contribution is 0.0953. The Balaban J connectivity index is 1.08. The second-order valence-electron chi connectivity index (χ2n) is 9.05. The number of rotatable bonds is 6. The van der Waals surface area contributed by atoms with E-state index in [9.17, 15) is 4.79 Å². The maximum absolute atomic E-state index is 13.1. The SMILES string of the molecule is O=C(NCCC1CN(c2ncnc3[nH]ncc23)c2ccccc21)c1cn[nH]c1-c1cc2ccccc2o1. The predicted octanol–water partition coefficient (Wildman–Crippen LogP) is 4.54. The van der Waals surface area contributed by atoms with Gasteiger partial charge in [-0.15, -0.1) is 0 Å². The summed E-state index contributed by atoms with van der Waals surface area (Å²) in [5.74, 6) is 1.45. The molecule has 0 fully saturated rings. The van der Waals surface area contributed by atoms with Crippen LogP contribution in [-0.4, -0.2) is 49.4 Å². The van der Waals surface area contributed by atoms with Gasteiger partial charge in [-0.3, -0.25) is 15.0 Å². The van der Waals surface area contributed by atoms with Crippen LogP contribution in [0.25, 0.3) is 33.5 Å². The molecule has 6 aromatic rings. The van der Waals surface area contributed by atoms with Crippen molar-refractivity contribution in [2.24, 2.45) is 0 Å². The van der Waals surface area contributed by atoms with Crippen LogP contribution in [0.5, 0.6) is 0 Å². The highest BCUT2D eigenvalue weighted by Crippen LogP contribution is 2.42. The normalized spacial score (nSPS) is 14.9. The molecule has 1 aliphatic heterocycles. The van der Waals surface area contributed by atoms with Gasteiger partial charge in [0.15, 0.2) is 11.4 Å². The van der Waals surface area contributed by atoms with Crippen LogP contribution >= 0.6 is 0 Å². The molecule has 1 atom stereocenters. The maximum atomic E-state index is 13.1. The summed E-state index contributed by atoms with van der Waals surface area (Å²) in [7, 11) is 0. The zero-order valence-corrected chi connectivity index (χ0v) is 19.7. The van der Waals surface area contributed by atoms with Crippen molar-refractivity contribution in [2.75, 3.05) is 18.0 Å². The van der Waals surface area contributed by atoms with E-state index in [1.807, 2.05) is 42.5 Å². The van der Waals surface area contributed by atoms with Gasteiger partial charge in [0, 0.05) is 30.1 Å². The number of hydrogen-bond acceptors (Lipinski definition) is 7. The van der Waals surface area contributed by atoms with Crippen LogP contribution in [0.1, 0.15) is 28.3 Å². The Morgan fingerprint density at radius 1 is 1.05 bits per heavy atom. The minimum absolute atomic E-state index is 0.191. The molecule has 10 nitrogen and oxygen atoms in total. The monoisotopic (exact) mass is 490 g/mol. The lowest BCUT2D eigenvalue weighted by Crippen LogP contribution is -2.26. The van der Waals surface area contributed by atoms with E-state index < -0.39 is 0 Å². The van der Waals surface area contributed by atoms with Gasteiger partial charge in [0.1, 0.15) is 23.4 Å². The van der Waals surface area contributed by atoms with Crippen molar-refractivity contribution in [1.29, 1.82) is 0 Å². The number of amides is 1. The zero-order chi connectivity index (χ0) is 24.8. The van der Waals surface area contributed by atoms with Crippen LogP contribution in [0.3, 0.4) is 0 Å². The van der Waals surface area contributed by atoms with Gasteiger partial charge in [-0.05, 0) is 30.2 Å². The molecule has 0 radical (unpaired) electrons. The molecule has 10 heteroatoms. The highest BCUT2D eigenvalue weighted by molar-refractivity contribution is 6.00. The Bertz CT molecular complexity index is 1720. The Morgan fingerprint density at radius 2 is 1.92 bits per heavy atom. The summed E-state index contributed by atoms with van der Waals surface area (Å²) in [5, 5.41) is 19.0. The fourth-order valence-electron chi connectivity index (χ4n) is 5.12. The quantitative estimate of drug-likeness (QED) is 0.312. The van der Waals surface area contributed by atoms with Crippen molar-refractivity contribution in [3.63, 3.8) is 0 Å². The number of carbonyl (C=O) groups is 1. The molecular formula is C27H22N8O2. The Kier molecular flexibility index (Phi) is 4.95. The summed E-state index contributed by atoms with van der Waals surface area (Å²) in [6, 6.07) is 18.0. The molecule has 0 bridgehead atoms. The minimum atomic E-state index is -0.191. The lowest BCUT2D eigenvalue weighted by Gasteiger charge is -2.19. The summed E-state index contributed by atoms with van der Waals surface area (Å²) < 4.78 is 5.93. The molecule has 7 rings (SSSR count). The molecule has 4 aromatic heterocycles. The van der Waals surface area contributed by atoms with Gasteiger partial charge in [-0.2, -0.15) is 10.2 Å². The van der Waals surface area contributed by atoms with Gasteiger partial charge < -0.3 is 14.6 Å². The number of aromatic amines is 2. The highest BCUT2D eigenvalue weighted by Gasteiger charge is 2.31. The number of para-hydroxylation sites is 2. The van der Waals surface area contributed by atoms with Crippen molar-refractivity contribution in [2.45, 2.75) is 12.3 Å². The number of nitrogens with one attached hydrogen (secondary N) is 3. The fourth-order valence-corrected chi connectivity index (χ4v) is 5.12. The average molecular weight is 491 g/mol. The van der Waals surface area contributed by atoms with Gasteiger partial charge in [-0.25, -0.2) is 9.97 Å². The third kappa shape index (κ3) is 3.61. The van der Waals surface area contributed by atoms with E-state index >= 15 is 0 Å². The van der Waals surface area contributed by atoms with Gasteiger partial charge in [0.2, 0.25) is 0 Å². The number of fused-ring (bicyclic) bond motifs is 3. The van der Waals surface area contributed by atoms with Gasteiger partial charge >= 0.3 is 0 Å². The van der Waals surface area contributed by atoms with Crippen LogP contribution in [0.2, 0.25) is 0 Å². The molecule has 182 valence electrons. The van der Waals surface area contributed by atoms with Crippen LogP contribution in [0.4, 0.5) is 11.5 Å². The Labute approximate surface area is 210 Å². The number of H-pyrrole nitrogens is 2. The molecule has 5 heterocycles. The predicted molar refractivity (Wildman–Crippen MR) is 139 cm³/mol. The van der Waals surface area contributed by atoms with Crippen LogP contribution < -0.4 is 10.2 Å². The largest absolute Gasteiger partial charge is 0.454 e. The molecule has 0 spiro atoms. The number of benzene rings is 2. The van der Waals surface area contributed by atoms with E-state index in [0.29, 0.717) is 29.2 Å². The third-order valence-electron chi connectivity index (χ3n) is 6.89. The summed E-state index contributed by atoms with van der Waals surface area (Å²) in [5.41, 5.74) is 4.84. The van der Waals surface area contributed by atoms with Crippen molar-refractivity contribution >= 4 is 39.4 Å². The van der Waals surface area contributed by atoms with E-state index in [-0.39, 0.29) is 11.8 Å². The minimum Gasteiger partial charge on any atom is -0.454 e. The number of furan rings is 1. The highest BCUT2D eigenvalue weighted by atomic mass is 16.3. The summed E-state index contributed by atoms with van der Waals surface area (Å²) in [6.07, 6.45) is 5.62. The van der Waals surface area contributed by atoms with Crippen LogP contribution in [0, 0.1) is 0 Å².